The molecule has 1 aromatic heterocycles. The molecule has 1 amide bonds. The van der Waals surface area contributed by atoms with Gasteiger partial charge in [-0.3, -0.25) is 4.79 Å². The minimum Gasteiger partial charge on any atom is -0.482 e. The Morgan fingerprint density at radius 1 is 0.886 bits per heavy atom. The Balaban J connectivity index is 1.37. The van der Waals surface area contributed by atoms with E-state index in [9.17, 15) is 14.4 Å². The van der Waals surface area contributed by atoms with Gasteiger partial charge in [0.15, 0.2) is 6.61 Å². The zero-order valence-electron chi connectivity index (χ0n) is 19.3. The number of carbonyl (C=O) groups is 2. The van der Waals surface area contributed by atoms with E-state index in [1.165, 1.54) is 12.1 Å². The first-order valence-corrected chi connectivity index (χ1v) is 11.3. The first-order valence-electron chi connectivity index (χ1n) is 11.3. The van der Waals surface area contributed by atoms with Crippen LogP contribution in [0.2, 0.25) is 0 Å². The van der Waals surface area contributed by atoms with Gasteiger partial charge in [0.25, 0.3) is 5.91 Å². The van der Waals surface area contributed by atoms with Crippen LogP contribution in [0.15, 0.2) is 88.1 Å². The lowest BCUT2D eigenvalue weighted by Gasteiger charge is -2.09. The van der Waals surface area contributed by atoms with Crippen LogP contribution in [0, 0.1) is 0 Å². The SMILES string of the molecule is CCc1cccc(OCC(=O)Oc2ccc3cc(C(=O)NCCc4ccccc4)c(=O)oc3c2)c1. The summed E-state index contributed by atoms with van der Waals surface area (Å²) in [5.74, 6) is -0.309. The molecule has 1 heterocycles. The van der Waals surface area contributed by atoms with E-state index in [1.54, 1.807) is 18.2 Å². The van der Waals surface area contributed by atoms with Crippen molar-refractivity contribution in [2.24, 2.45) is 0 Å². The van der Waals surface area contributed by atoms with Crippen molar-refractivity contribution in [2.45, 2.75) is 19.8 Å². The number of amides is 1. The van der Waals surface area contributed by atoms with E-state index < -0.39 is 17.5 Å². The normalized spacial score (nSPS) is 10.7. The number of aryl methyl sites for hydroxylation is 1. The summed E-state index contributed by atoms with van der Waals surface area (Å²) in [5, 5.41) is 3.28. The molecule has 7 heteroatoms. The third-order valence-electron chi connectivity index (χ3n) is 5.39. The summed E-state index contributed by atoms with van der Waals surface area (Å²) in [5.41, 5.74) is 1.54. The van der Waals surface area contributed by atoms with Crippen molar-refractivity contribution in [1.82, 2.24) is 5.32 Å². The van der Waals surface area contributed by atoms with Gasteiger partial charge < -0.3 is 19.2 Å². The molecule has 7 nitrogen and oxygen atoms in total. The average Bonchev–Trinajstić information content (AvgIpc) is 2.87. The molecule has 4 aromatic rings. The molecule has 0 bridgehead atoms. The summed E-state index contributed by atoms with van der Waals surface area (Å²) in [7, 11) is 0. The number of hydrogen-bond donors (Lipinski definition) is 1. The largest absolute Gasteiger partial charge is 0.482 e. The molecular weight excluding hydrogens is 446 g/mol. The van der Waals surface area contributed by atoms with Crippen LogP contribution < -0.4 is 20.4 Å². The molecule has 0 fully saturated rings. The second-order valence-corrected chi connectivity index (χ2v) is 7.90. The maximum atomic E-state index is 12.5. The summed E-state index contributed by atoms with van der Waals surface area (Å²) in [4.78, 5) is 37.1. The molecule has 35 heavy (non-hydrogen) atoms. The zero-order chi connectivity index (χ0) is 24.6. The average molecular weight is 472 g/mol. The van der Waals surface area contributed by atoms with Crippen molar-refractivity contribution in [3.8, 4) is 11.5 Å². The smallest absolute Gasteiger partial charge is 0.349 e. The van der Waals surface area contributed by atoms with Crippen LogP contribution in [-0.2, 0) is 17.6 Å². The first kappa shape index (κ1) is 23.8. The zero-order valence-corrected chi connectivity index (χ0v) is 19.3. The van der Waals surface area contributed by atoms with Gasteiger partial charge in [-0.25, -0.2) is 9.59 Å². The molecule has 4 rings (SSSR count). The van der Waals surface area contributed by atoms with E-state index in [-0.39, 0.29) is 23.5 Å². The lowest BCUT2D eigenvalue weighted by Crippen LogP contribution is -2.29. The van der Waals surface area contributed by atoms with Crippen molar-refractivity contribution >= 4 is 22.8 Å². The summed E-state index contributed by atoms with van der Waals surface area (Å²) in [6.45, 7) is 2.16. The van der Waals surface area contributed by atoms with Crippen LogP contribution in [0.5, 0.6) is 11.5 Å². The Morgan fingerprint density at radius 3 is 2.49 bits per heavy atom. The Labute approximate surface area is 202 Å². The van der Waals surface area contributed by atoms with Crippen LogP contribution in [0.25, 0.3) is 11.0 Å². The molecule has 0 radical (unpaired) electrons. The van der Waals surface area contributed by atoms with Gasteiger partial charge in [0.1, 0.15) is 22.6 Å². The molecule has 1 N–H and O–H groups in total. The lowest BCUT2D eigenvalue weighted by molar-refractivity contribution is -0.136. The van der Waals surface area contributed by atoms with Gasteiger partial charge in [-0.1, -0.05) is 49.4 Å². The monoisotopic (exact) mass is 471 g/mol. The summed E-state index contributed by atoms with van der Waals surface area (Å²) >= 11 is 0. The Morgan fingerprint density at radius 2 is 1.69 bits per heavy atom. The summed E-state index contributed by atoms with van der Waals surface area (Å²) in [6, 6.07) is 23.3. The number of rotatable bonds is 9. The first-order chi connectivity index (χ1) is 17.0. The van der Waals surface area contributed by atoms with Crippen LogP contribution in [-0.4, -0.2) is 25.0 Å². The van der Waals surface area contributed by atoms with Crippen molar-refractivity contribution in [2.75, 3.05) is 13.2 Å². The quantitative estimate of drug-likeness (QED) is 0.222. The molecule has 0 saturated heterocycles. The fourth-order valence-electron chi connectivity index (χ4n) is 3.53. The maximum Gasteiger partial charge on any atom is 0.349 e. The highest BCUT2D eigenvalue weighted by Gasteiger charge is 2.15. The van der Waals surface area contributed by atoms with Gasteiger partial charge in [0, 0.05) is 18.0 Å². The van der Waals surface area contributed by atoms with Crippen molar-refractivity contribution < 1.29 is 23.5 Å². The van der Waals surface area contributed by atoms with Crippen LogP contribution in [0.3, 0.4) is 0 Å². The third-order valence-corrected chi connectivity index (χ3v) is 5.39. The van der Waals surface area contributed by atoms with E-state index >= 15 is 0 Å². The Kier molecular flexibility index (Phi) is 7.57. The lowest BCUT2D eigenvalue weighted by atomic mass is 10.1. The minimum atomic E-state index is -0.766. The van der Waals surface area contributed by atoms with Gasteiger partial charge in [-0.2, -0.15) is 0 Å². The van der Waals surface area contributed by atoms with Gasteiger partial charge in [-0.05, 0) is 54.3 Å². The summed E-state index contributed by atoms with van der Waals surface area (Å²) < 4.78 is 16.1. The fraction of sp³-hybridized carbons (Fsp3) is 0.179. The van der Waals surface area contributed by atoms with Gasteiger partial charge in [0.05, 0.1) is 0 Å². The predicted molar refractivity (Wildman–Crippen MR) is 132 cm³/mol. The number of carbonyl (C=O) groups excluding carboxylic acids is 2. The van der Waals surface area contributed by atoms with Gasteiger partial charge in [-0.15, -0.1) is 0 Å². The van der Waals surface area contributed by atoms with Crippen LogP contribution in [0.1, 0.15) is 28.4 Å². The predicted octanol–water partition coefficient (Wildman–Crippen LogP) is 4.31. The van der Waals surface area contributed by atoms with Gasteiger partial charge >= 0.3 is 11.6 Å². The Bertz CT molecular complexity index is 1390. The molecule has 0 atom stereocenters. The Hall–Kier alpha value is -4.39. The van der Waals surface area contributed by atoms with E-state index in [1.807, 2.05) is 55.5 Å². The second-order valence-electron chi connectivity index (χ2n) is 7.90. The number of nitrogens with one attached hydrogen (secondary N) is 1. The molecule has 178 valence electrons. The molecule has 0 spiro atoms. The molecule has 0 aliphatic heterocycles. The molecular formula is C28H25NO6. The molecule has 0 unspecified atom stereocenters. The highest BCUT2D eigenvalue weighted by molar-refractivity contribution is 5.96. The van der Waals surface area contributed by atoms with E-state index in [2.05, 4.69) is 5.32 Å². The third kappa shape index (κ3) is 6.35. The standard InChI is InChI=1S/C28H25NO6/c1-2-19-9-6-10-22(15-19)33-18-26(30)34-23-12-11-21-16-24(28(32)35-25(21)17-23)27(31)29-14-13-20-7-4-3-5-8-20/h3-12,15-17H,2,13-14,18H2,1H3,(H,29,31). The number of esters is 1. The highest BCUT2D eigenvalue weighted by atomic mass is 16.6. The molecule has 3 aromatic carbocycles. The minimum absolute atomic E-state index is 0.0852. The second kappa shape index (κ2) is 11.2. The van der Waals surface area contributed by atoms with E-state index in [4.69, 9.17) is 13.9 Å². The number of hydrogen-bond acceptors (Lipinski definition) is 6. The molecule has 0 aliphatic carbocycles. The van der Waals surface area contributed by atoms with Crippen LogP contribution >= 0.6 is 0 Å². The van der Waals surface area contributed by atoms with Gasteiger partial charge in [0.2, 0.25) is 0 Å². The molecule has 0 aliphatic rings. The van der Waals surface area contributed by atoms with E-state index in [0.717, 1.165) is 17.5 Å². The molecule has 0 saturated carbocycles. The fourth-order valence-corrected chi connectivity index (χ4v) is 3.53. The van der Waals surface area contributed by atoms with Crippen molar-refractivity contribution in [1.29, 1.82) is 0 Å². The number of ether oxygens (including phenoxy) is 2. The number of fused-ring (bicyclic) bond motifs is 1. The van der Waals surface area contributed by atoms with E-state index in [0.29, 0.717) is 24.1 Å². The topological polar surface area (TPSA) is 94.8 Å². The number of benzene rings is 3. The highest BCUT2D eigenvalue weighted by Crippen LogP contribution is 2.21. The van der Waals surface area contributed by atoms with Crippen molar-refractivity contribution in [3.63, 3.8) is 0 Å². The van der Waals surface area contributed by atoms with Crippen molar-refractivity contribution in [3.05, 3.63) is 106 Å². The maximum absolute atomic E-state index is 12.5. The summed E-state index contributed by atoms with van der Waals surface area (Å²) in [6.07, 6.45) is 1.51. The van der Waals surface area contributed by atoms with Crippen LogP contribution in [0.4, 0.5) is 0 Å².